The summed E-state index contributed by atoms with van der Waals surface area (Å²) in [5, 5.41) is 2.04. The second-order valence-corrected chi connectivity index (χ2v) is 6.62. The summed E-state index contributed by atoms with van der Waals surface area (Å²) in [4.78, 5) is 28.0. The molecule has 0 amide bonds. The van der Waals surface area contributed by atoms with Crippen LogP contribution in [0, 0.1) is 11.8 Å². The third-order valence-corrected chi connectivity index (χ3v) is 5.07. The van der Waals surface area contributed by atoms with E-state index in [0.29, 0.717) is 29.9 Å². The molecule has 1 heterocycles. The number of aromatic nitrogens is 1. The second kappa shape index (κ2) is 7.69. The van der Waals surface area contributed by atoms with Crippen molar-refractivity contribution in [2.24, 2.45) is 11.8 Å². The van der Waals surface area contributed by atoms with E-state index < -0.39 is 5.97 Å². The first-order valence-corrected chi connectivity index (χ1v) is 8.65. The van der Waals surface area contributed by atoms with E-state index in [1.54, 1.807) is 12.3 Å². The third kappa shape index (κ3) is 4.37. The summed E-state index contributed by atoms with van der Waals surface area (Å²) in [7, 11) is 0. The number of Topliss-reactive ketones (excluding diaryl/α,β-unsaturated/α-hetero) is 1. The lowest BCUT2D eigenvalue weighted by molar-refractivity contribution is 0.0520. The Hall–Kier alpha value is -1.23. The van der Waals surface area contributed by atoms with Crippen molar-refractivity contribution in [3.05, 3.63) is 16.1 Å². The number of esters is 1. The molecule has 0 spiro atoms. The SMILES string of the molecule is CCOC(=O)c1csc(C(=O)CC(C)C2CCCCC2)n1. The number of ketones is 1. The molecule has 0 radical (unpaired) electrons. The Kier molecular flexibility index (Phi) is 5.91. The Labute approximate surface area is 129 Å². The van der Waals surface area contributed by atoms with Crippen molar-refractivity contribution < 1.29 is 14.3 Å². The van der Waals surface area contributed by atoms with Crippen LogP contribution in [-0.2, 0) is 4.74 Å². The Morgan fingerprint density at radius 3 is 2.76 bits per heavy atom. The number of ether oxygens (including phenoxy) is 1. The summed E-state index contributed by atoms with van der Waals surface area (Å²) < 4.78 is 4.89. The minimum Gasteiger partial charge on any atom is -0.461 e. The normalized spacial score (nSPS) is 17.4. The maximum atomic E-state index is 12.3. The van der Waals surface area contributed by atoms with Gasteiger partial charge in [0.25, 0.3) is 0 Å². The number of rotatable bonds is 6. The van der Waals surface area contributed by atoms with Gasteiger partial charge in [0.05, 0.1) is 6.61 Å². The fourth-order valence-electron chi connectivity index (χ4n) is 2.95. The van der Waals surface area contributed by atoms with Crippen molar-refractivity contribution >= 4 is 23.1 Å². The van der Waals surface area contributed by atoms with Gasteiger partial charge < -0.3 is 4.74 Å². The molecule has 2 rings (SSSR count). The summed E-state index contributed by atoms with van der Waals surface area (Å²) in [5.41, 5.74) is 0.246. The molecule has 5 heteroatoms. The van der Waals surface area contributed by atoms with Crippen LogP contribution in [0.25, 0.3) is 0 Å². The van der Waals surface area contributed by atoms with E-state index in [1.165, 1.54) is 43.4 Å². The zero-order chi connectivity index (χ0) is 15.2. The van der Waals surface area contributed by atoms with Gasteiger partial charge in [-0.25, -0.2) is 9.78 Å². The van der Waals surface area contributed by atoms with Crippen LogP contribution in [0.5, 0.6) is 0 Å². The average Bonchev–Trinajstić information content (AvgIpc) is 2.98. The van der Waals surface area contributed by atoms with Crippen LogP contribution < -0.4 is 0 Å². The monoisotopic (exact) mass is 309 g/mol. The van der Waals surface area contributed by atoms with Crippen molar-refractivity contribution in [3.63, 3.8) is 0 Å². The predicted octanol–water partition coefficient (Wildman–Crippen LogP) is 4.11. The van der Waals surface area contributed by atoms with E-state index in [-0.39, 0.29) is 11.5 Å². The zero-order valence-corrected chi connectivity index (χ0v) is 13.6. The van der Waals surface area contributed by atoms with Crippen molar-refractivity contribution in [3.8, 4) is 0 Å². The first-order valence-electron chi connectivity index (χ1n) is 7.77. The van der Waals surface area contributed by atoms with Gasteiger partial charge in [-0.3, -0.25) is 4.79 Å². The van der Waals surface area contributed by atoms with Crippen LogP contribution in [0.3, 0.4) is 0 Å². The van der Waals surface area contributed by atoms with E-state index in [1.807, 2.05) is 0 Å². The number of hydrogen-bond donors (Lipinski definition) is 0. The van der Waals surface area contributed by atoms with E-state index in [4.69, 9.17) is 4.74 Å². The van der Waals surface area contributed by atoms with Gasteiger partial charge >= 0.3 is 5.97 Å². The summed E-state index contributed by atoms with van der Waals surface area (Å²) in [5.74, 6) is 0.654. The van der Waals surface area contributed by atoms with Crippen molar-refractivity contribution in [1.29, 1.82) is 0 Å². The summed E-state index contributed by atoms with van der Waals surface area (Å²) in [6.45, 7) is 4.23. The molecule has 1 aliphatic rings. The predicted molar refractivity (Wildman–Crippen MR) is 82.8 cm³/mol. The second-order valence-electron chi connectivity index (χ2n) is 5.76. The highest BCUT2D eigenvalue weighted by Gasteiger charge is 2.24. The number of hydrogen-bond acceptors (Lipinski definition) is 5. The van der Waals surface area contributed by atoms with Crippen molar-refractivity contribution in [2.45, 2.75) is 52.4 Å². The van der Waals surface area contributed by atoms with Gasteiger partial charge in [0.2, 0.25) is 0 Å². The van der Waals surface area contributed by atoms with E-state index in [9.17, 15) is 9.59 Å². The highest BCUT2D eigenvalue weighted by molar-refractivity contribution is 7.11. The Morgan fingerprint density at radius 1 is 1.38 bits per heavy atom. The van der Waals surface area contributed by atoms with Crippen LogP contribution >= 0.6 is 11.3 Å². The molecule has 116 valence electrons. The molecule has 1 unspecified atom stereocenters. The molecule has 1 aromatic heterocycles. The summed E-state index contributed by atoms with van der Waals surface area (Å²) >= 11 is 1.24. The van der Waals surface area contributed by atoms with Crippen LogP contribution in [0.4, 0.5) is 0 Å². The molecule has 1 aliphatic carbocycles. The van der Waals surface area contributed by atoms with E-state index >= 15 is 0 Å². The topological polar surface area (TPSA) is 56.3 Å². The van der Waals surface area contributed by atoms with Gasteiger partial charge in [-0.2, -0.15) is 0 Å². The van der Waals surface area contributed by atoms with Crippen molar-refractivity contribution in [2.75, 3.05) is 6.61 Å². The van der Waals surface area contributed by atoms with Gasteiger partial charge in [-0.1, -0.05) is 39.0 Å². The van der Waals surface area contributed by atoms with Crippen LogP contribution in [0.1, 0.15) is 72.7 Å². The molecule has 1 saturated carbocycles. The maximum absolute atomic E-state index is 12.3. The molecule has 1 fully saturated rings. The standard InChI is InChI=1S/C16H23NO3S/c1-3-20-16(19)13-10-21-15(17-13)14(18)9-11(2)12-7-5-4-6-8-12/h10-12H,3-9H2,1-2H3. The van der Waals surface area contributed by atoms with E-state index in [2.05, 4.69) is 11.9 Å². The van der Waals surface area contributed by atoms with Crippen LogP contribution in [-0.4, -0.2) is 23.3 Å². The highest BCUT2D eigenvalue weighted by atomic mass is 32.1. The van der Waals surface area contributed by atoms with Gasteiger partial charge in [-0.05, 0) is 18.8 Å². The lowest BCUT2D eigenvalue weighted by Crippen LogP contribution is -2.18. The molecular formula is C16H23NO3S. The molecule has 0 aromatic carbocycles. The minimum atomic E-state index is -0.451. The average molecular weight is 309 g/mol. The third-order valence-electron chi connectivity index (χ3n) is 4.19. The first kappa shape index (κ1) is 16.1. The fraction of sp³-hybridized carbons (Fsp3) is 0.688. The van der Waals surface area contributed by atoms with Crippen molar-refractivity contribution in [1.82, 2.24) is 4.98 Å². The largest absolute Gasteiger partial charge is 0.461 e. The quantitative estimate of drug-likeness (QED) is 0.586. The molecule has 0 saturated heterocycles. The van der Waals surface area contributed by atoms with E-state index in [0.717, 1.165) is 0 Å². The minimum absolute atomic E-state index is 0.0496. The van der Waals surface area contributed by atoms with Gasteiger partial charge in [0.1, 0.15) is 0 Å². The molecule has 1 atom stereocenters. The molecule has 21 heavy (non-hydrogen) atoms. The number of carbonyl (C=O) groups is 2. The molecule has 1 aromatic rings. The van der Waals surface area contributed by atoms with Gasteiger partial charge in [-0.15, -0.1) is 11.3 Å². The maximum Gasteiger partial charge on any atom is 0.357 e. The zero-order valence-electron chi connectivity index (χ0n) is 12.8. The van der Waals surface area contributed by atoms with Gasteiger partial charge in [0.15, 0.2) is 16.5 Å². The number of thiazole rings is 1. The number of nitrogens with zero attached hydrogens (tertiary/aromatic N) is 1. The summed E-state index contributed by atoms with van der Waals surface area (Å²) in [6, 6.07) is 0. The molecular weight excluding hydrogens is 286 g/mol. The van der Waals surface area contributed by atoms with Gasteiger partial charge in [0, 0.05) is 11.8 Å². The van der Waals surface area contributed by atoms with Crippen LogP contribution in [0.2, 0.25) is 0 Å². The Morgan fingerprint density at radius 2 is 2.10 bits per heavy atom. The summed E-state index contributed by atoms with van der Waals surface area (Å²) in [6.07, 6.45) is 6.90. The lowest BCUT2D eigenvalue weighted by atomic mass is 9.79. The Balaban J connectivity index is 1.92. The molecule has 0 aliphatic heterocycles. The smallest absolute Gasteiger partial charge is 0.357 e. The highest BCUT2D eigenvalue weighted by Crippen LogP contribution is 2.32. The Bertz CT molecular complexity index is 491. The molecule has 0 N–H and O–H groups in total. The molecule has 0 bridgehead atoms. The fourth-order valence-corrected chi connectivity index (χ4v) is 3.69. The molecule has 4 nitrogen and oxygen atoms in total. The lowest BCUT2D eigenvalue weighted by Gasteiger charge is -2.26. The van der Waals surface area contributed by atoms with Crippen LogP contribution in [0.15, 0.2) is 5.38 Å². The first-order chi connectivity index (χ1) is 10.1. The number of carbonyl (C=O) groups excluding carboxylic acids is 2.